The van der Waals surface area contributed by atoms with E-state index >= 15 is 0 Å². The largest absolute Gasteiger partial charge is 0.365 e. The lowest BCUT2D eigenvalue weighted by molar-refractivity contribution is -0.384. The molecule has 5 nitrogen and oxygen atoms in total. The van der Waals surface area contributed by atoms with E-state index in [1.807, 2.05) is 0 Å². The summed E-state index contributed by atoms with van der Waals surface area (Å²) in [5.41, 5.74) is 0.891. The summed E-state index contributed by atoms with van der Waals surface area (Å²) in [6.45, 7) is 5.95. The Hall–Kier alpha value is -1.33. The predicted octanol–water partition coefficient (Wildman–Crippen LogP) is 2.43. The smallest absolute Gasteiger partial charge is 0.271 e. The molecule has 0 amide bonds. The second-order valence-electron chi connectivity index (χ2n) is 4.70. The fourth-order valence-electron chi connectivity index (χ4n) is 2.20. The van der Waals surface area contributed by atoms with E-state index in [0.29, 0.717) is 17.1 Å². The maximum atomic E-state index is 10.7. The maximum Gasteiger partial charge on any atom is 0.271 e. The van der Waals surface area contributed by atoms with Crippen molar-refractivity contribution in [3.05, 3.63) is 33.3 Å². The average Bonchev–Trinajstić information content (AvgIpc) is 2.32. The molecule has 0 saturated carbocycles. The number of hydrogen-bond acceptors (Lipinski definition) is 4. The lowest BCUT2D eigenvalue weighted by Gasteiger charge is -2.39. The number of hydrogen-bond donors (Lipinski definition) is 1. The molecule has 1 fully saturated rings. The molecule has 1 aromatic rings. The molecule has 1 aromatic carbocycles. The van der Waals surface area contributed by atoms with E-state index in [4.69, 9.17) is 11.6 Å². The number of nitro groups is 1. The van der Waals surface area contributed by atoms with Crippen molar-refractivity contribution < 1.29 is 4.92 Å². The van der Waals surface area contributed by atoms with Gasteiger partial charge in [-0.25, -0.2) is 0 Å². The van der Waals surface area contributed by atoms with Crippen LogP contribution in [0.15, 0.2) is 18.2 Å². The van der Waals surface area contributed by atoms with Crippen molar-refractivity contribution in [3.8, 4) is 0 Å². The molecule has 1 saturated heterocycles. The number of halogens is 1. The molecule has 2 unspecified atom stereocenters. The van der Waals surface area contributed by atoms with Crippen LogP contribution in [0.25, 0.3) is 0 Å². The summed E-state index contributed by atoms with van der Waals surface area (Å²) in [6, 6.07) is 5.35. The van der Waals surface area contributed by atoms with Gasteiger partial charge in [0.1, 0.15) is 0 Å². The lowest BCUT2D eigenvalue weighted by Crippen LogP contribution is -2.54. The van der Waals surface area contributed by atoms with Gasteiger partial charge >= 0.3 is 0 Å². The van der Waals surface area contributed by atoms with Gasteiger partial charge in [0.15, 0.2) is 0 Å². The first-order chi connectivity index (χ1) is 8.49. The van der Waals surface area contributed by atoms with Crippen molar-refractivity contribution in [2.24, 2.45) is 0 Å². The Kier molecular flexibility index (Phi) is 3.73. The molecule has 0 aliphatic carbocycles. The summed E-state index contributed by atoms with van der Waals surface area (Å²) in [6.07, 6.45) is 0. The molecule has 0 bridgehead atoms. The molecule has 0 radical (unpaired) electrons. The van der Waals surface area contributed by atoms with Crippen LogP contribution in [-0.2, 0) is 0 Å². The molecule has 2 rings (SSSR count). The summed E-state index contributed by atoms with van der Waals surface area (Å²) < 4.78 is 0. The number of nitrogens with one attached hydrogen (secondary N) is 1. The minimum atomic E-state index is -0.431. The Labute approximate surface area is 111 Å². The van der Waals surface area contributed by atoms with Crippen molar-refractivity contribution in [1.82, 2.24) is 5.32 Å². The van der Waals surface area contributed by atoms with Crippen molar-refractivity contribution in [1.29, 1.82) is 0 Å². The van der Waals surface area contributed by atoms with Crippen LogP contribution in [0.3, 0.4) is 0 Å². The third kappa shape index (κ3) is 2.57. The topological polar surface area (TPSA) is 58.4 Å². The van der Waals surface area contributed by atoms with Crippen molar-refractivity contribution in [2.45, 2.75) is 25.9 Å². The van der Waals surface area contributed by atoms with E-state index in [2.05, 4.69) is 24.1 Å². The zero-order valence-corrected chi connectivity index (χ0v) is 11.1. The molecule has 1 heterocycles. The summed E-state index contributed by atoms with van der Waals surface area (Å²) >= 11 is 6.15. The highest BCUT2D eigenvalue weighted by Gasteiger charge is 2.24. The highest BCUT2D eigenvalue weighted by atomic mass is 35.5. The van der Waals surface area contributed by atoms with E-state index < -0.39 is 4.92 Å². The van der Waals surface area contributed by atoms with Crippen LogP contribution in [0.4, 0.5) is 11.4 Å². The van der Waals surface area contributed by atoms with E-state index in [0.717, 1.165) is 18.8 Å². The van der Waals surface area contributed by atoms with Gasteiger partial charge < -0.3 is 10.2 Å². The SMILES string of the molecule is CC1CN(c2ccc([N+](=O)[O-])cc2Cl)C(C)CN1. The van der Waals surface area contributed by atoms with Gasteiger partial charge in [0.25, 0.3) is 5.69 Å². The second kappa shape index (κ2) is 5.12. The minimum Gasteiger partial charge on any atom is -0.365 e. The standard InChI is InChI=1S/C12H16ClN3O2/c1-8-7-15(9(2)6-14-8)12-4-3-10(16(17)18)5-11(12)13/h3-5,8-9,14H,6-7H2,1-2H3. The van der Waals surface area contributed by atoms with Gasteiger partial charge in [0, 0.05) is 37.3 Å². The van der Waals surface area contributed by atoms with Crippen LogP contribution < -0.4 is 10.2 Å². The second-order valence-corrected chi connectivity index (χ2v) is 5.11. The molecule has 1 N–H and O–H groups in total. The third-order valence-corrected chi connectivity index (χ3v) is 3.52. The van der Waals surface area contributed by atoms with Crippen molar-refractivity contribution in [3.63, 3.8) is 0 Å². The zero-order chi connectivity index (χ0) is 13.3. The maximum absolute atomic E-state index is 10.7. The van der Waals surface area contributed by atoms with Crippen LogP contribution in [0.2, 0.25) is 5.02 Å². The number of anilines is 1. The molecule has 2 atom stereocenters. The fourth-order valence-corrected chi connectivity index (χ4v) is 2.48. The van der Waals surface area contributed by atoms with Gasteiger partial charge in [-0.15, -0.1) is 0 Å². The van der Waals surface area contributed by atoms with Gasteiger partial charge in [-0.2, -0.15) is 0 Å². The van der Waals surface area contributed by atoms with Crippen molar-refractivity contribution >= 4 is 23.0 Å². The number of non-ortho nitro benzene ring substituents is 1. The molecule has 0 spiro atoms. The zero-order valence-electron chi connectivity index (χ0n) is 10.4. The number of rotatable bonds is 2. The van der Waals surface area contributed by atoms with Crippen LogP contribution in [0, 0.1) is 10.1 Å². The van der Waals surface area contributed by atoms with Crippen LogP contribution in [-0.4, -0.2) is 30.1 Å². The number of piperazine rings is 1. The number of benzene rings is 1. The molecule has 1 aliphatic rings. The first-order valence-electron chi connectivity index (χ1n) is 5.93. The van der Waals surface area contributed by atoms with Crippen molar-refractivity contribution in [2.75, 3.05) is 18.0 Å². The summed E-state index contributed by atoms with van der Waals surface area (Å²) in [5.74, 6) is 0. The quantitative estimate of drug-likeness (QED) is 0.662. The van der Waals surface area contributed by atoms with Gasteiger partial charge in [-0.1, -0.05) is 11.6 Å². The van der Waals surface area contributed by atoms with Gasteiger partial charge in [-0.05, 0) is 19.9 Å². The fraction of sp³-hybridized carbons (Fsp3) is 0.500. The monoisotopic (exact) mass is 269 g/mol. The Morgan fingerprint density at radius 1 is 1.50 bits per heavy atom. The first kappa shape index (κ1) is 13.1. The number of nitro benzene ring substituents is 1. The highest BCUT2D eigenvalue weighted by Crippen LogP contribution is 2.31. The van der Waals surface area contributed by atoms with Crippen LogP contribution in [0.1, 0.15) is 13.8 Å². The first-order valence-corrected chi connectivity index (χ1v) is 6.31. The van der Waals surface area contributed by atoms with Crippen LogP contribution in [0.5, 0.6) is 0 Å². The number of nitrogens with zero attached hydrogens (tertiary/aromatic N) is 2. The van der Waals surface area contributed by atoms with E-state index in [1.54, 1.807) is 6.07 Å². The van der Waals surface area contributed by atoms with Gasteiger partial charge in [0.05, 0.1) is 15.6 Å². The Morgan fingerprint density at radius 2 is 2.22 bits per heavy atom. The van der Waals surface area contributed by atoms with Gasteiger partial charge in [0.2, 0.25) is 0 Å². The molecular formula is C12H16ClN3O2. The molecule has 18 heavy (non-hydrogen) atoms. The Morgan fingerprint density at radius 3 is 2.83 bits per heavy atom. The molecule has 6 heteroatoms. The average molecular weight is 270 g/mol. The van der Waals surface area contributed by atoms with E-state index in [9.17, 15) is 10.1 Å². The third-order valence-electron chi connectivity index (χ3n) is 3.22. The predicted molar refractivity (Wildman–Crippen MR) is 72.4 cm³/mol. The summed E-state index contributed by atoms with van der Waals surface area (Å²) in [5, 5.41) is 14.5. The Bertz CT molecular complexity index is 467. The molecule has 1 aliphatic heterocycles. The van der Waals surface area contributed by atoms with Crippen LogP contribution >= 0.6 is 11.6 Å². The lowest BCUT2D eigenvalue weighted by atomic mass is 10.1. The van der Waals surface area contributed by atoms with E-state index in [1.165, 1.54) is 12.1 Å². The van der Waals surface area contributed by atoms with E-state index in [-0.39, 0.29) is 5.69 Å². The highest BCUT2D eigenvalue weighted by molar-refractivity contribution is 6.33. The molecule has 0 aromatic heterocycles. The van der Waals surface area contributed by atoms with Gasteiger partial charge in [-0.3, -0.25) is 10.1 Å². The molecule has 98 valence electrons. The normalized spacial score (nSPS) is 24.1. The Balaban J connectivity index is 2.30. The molecular weight excluding hydrogens is 254 g/mol. The summed E-state index contributed by atoms with van der Waals surface area (Å²) in [4.78, 5) is 12.4. The summed E-state index contributed by atoms with van der Waals surface area (Å²) in [7, 11) is 0. The minimum absolute atomic E-state index is 0.0274.